The standard InChI is InChI=1S/C13H17N3O2/c17-12(18)10-6-15-11(7-14-10)16-8-13-3-1-9(5-13)2-4-13/h6-7,9H,1-5,8H2,(H,15,16)(H,17,18). The molecule has 5 heteroatoms. The first-order chi connectivity index (χ1) is 8.67. The monoisotopic (exact) mass is 247 g/mol. The average molecular weight is 247 g/mol. The Morgan fingerprint density at radius 3 is 2.67 bits per heavy atom. The highest BCUT2D eigenvalue weighted by Crippen LogP contribution is 2.53. The van der Waals surface area contributed by atoms with Crippen LogP contribution in [0.2, 0.25) is 0 Å². The lowest BCUT2D eigenvalue weighted by Crippen LogP contribution is -2.25. The molecule has 2 N–H and O–H groups in total. The van der Waals surface area contributed by atoms with Gasteiger partial charge in [-0.05, 0) is 43.4 Å². The second-order valence-electron chi connectivity index (χ2n) is 5.59. The Hall–Kier alpha value is -1.65. The molecule has 2 bridgehead atoms. The van der Waals surface area contributed by atoms with Crippen LogP contribution in [0.15, 0.2) is 12.4 Å². The molecule has 2 aliphatic carbocycles. The number of fused-ring (bicyclic) bond motifs is 2. The van der Waals surface area contributed by atoms with Crippen LogP contribution in [-0.2, 0) is 0 Å². The van der Waals surface area contributed by atoms with Gasteiger partial charge in [-0.1, -0.05) is 0 Å². The SMILES string of the molecule is O=C(O)c1cnc(NCC23CCC(CC2)C3)cn1. The highest BCUT2D eigenvalue weighted by Gasteiger charge is 2.44. The molecular weight excluding hydrogens is 230 g/mol. The van der Waals surface area contributed by atoms with Crippen molar-refractivity contribution in [2.24, 2.45) is 11.3 Å². The van der Waals surface area contributed by atoms with E-state index in [-0.39, 0.29) is 5.69 Å². The lowest BCUT2D eigenvalue weighted by molar-refractivity contribution is 0.0690. The summed E-state index contributed by atoms with van der Waals surface area (Å²) in [6.07, 6.45) is 9.49. The fourth-order valence-electron chi connectivity index (χ4n) is 3.37. The van der Waals surface area contributed by atoms with Crippen molar-refractivity contribution in [1.29, 1.82) is 0 Å². The Labute approximate surface area is 106 Å². The molecule has 0 atom stereocenters. The van der Waals surface area contributed by atoms with Crippen LogP contribution in [0.4, 0.5) is 5.82 Å². The molecule has 2 fully saturated rings. The predicted octanol–water partition coefficient (Wildman–Crippen LogP) is 2.17. The van der Waals surface area contributed by atoms with Gasteiger partial charge in [0.15, 0.2) is 5.69 Å². The average Bonchev–Trinajstić information content (AvgIpc) is 2.98. The molecule has 2 aliphatic rings. The van der Waals surface area contributed by atoms with E-state index in [4.69, 9.17) is 5.11 Å². The van der Waals surface area contributed by atoms with Crippen LogP contribution < -0.4 is 5.32 Å². The Morgan fingerprint density at radius 1 is 1.39 bits per heavy atom. The summed E-state index contributed by atoms with van der Waals surface area (Å²) in [7, 11) is 0. The Morgan fingerprint density at radius 2 is 2.17 bits per heavy atom. The van der Waals surface area contributed by atoms with Gasteiger partial charge in [0.2, 0.25) is 0 Å². The van der Waals surface area contributed by atoms with Crippen LogP contribution in [0.5, 0.6) is 0 Å². The Kier molecular flexibility index (Phi) is 2.69. The van der Waals surface area contributed by atoms with E-state index in [0.29, 0.717) is 11.2 Å². The number of rotatable bonds is 4. The van der Waals surface area contributed by atoms with Gasteiger partial charge in [-0.15, -0.1) is 0 Å². The van der Waals surface area contributed by atoms with Crippen molar-refractivity contribution in [3.8, 4) is 0 Å². The minimum absolute atomic E-state index is 0.0134. The number of hydrogen-bond acceptors (Lipinski definition) is 4. The van der Waals surface area contributed by atoms with Gasteiger partial charge in [-0.25, -0.2) is 14.8 Å². The quantitative estimate of drug-likeness (QED) is 0.852. The fraction of sp³-hybridized carbons (Fsp3) is 0.615. The molecule has 5 nitrogen and oxygen atoms in total. The summed E-state index contributed by atoms with van der Waals surface area (Å²) >= 11 is 0. The largest absolute Gasteiger partial charge is 0.476 e. The maximum absolute atomic E-state index is 10.7. The van der Waals surface area contributed by atoms with Gasteiger partial charge in [0.05, 0.1) is 12.4 Å². The molecule has 1 heterocycles. The molecule has 0 spiro atoms. The van der Waals surface area contributed by atoms with Crippen LogP contribution >= 0.6 is 0 Å². The van der Waals surface area contributed by atoms with Crippen LogP contribution in [0, 0.1) is 11.3 Å². The molecule has 0 saturated heterocycles. The second-order valence-corrected chi connectivity index (χ2v) is 5.59. The number of anilines is 1. The molecule has 0 aromatic carbocycles. The van der Waals surface area contributed by atoms with Crippen molar-refractivity contribution < 1.29 is 9.90 Å². The number of nitrogens with one attached hydrogen (secondary N) is 1. The highest BCUT2D eigenvalue weighted by molar-refractivity contribution is 5.84. The van der Waals surface area contributed by atoms with Crippen molar-refractivity contribution in [3.05, 3.63) is 18.1 Å². The zero-order chi connectivity index (χ0) is 12.6. The zero-order valence-corrected chi connectivity index (χ0v) is 10.2. The first kappa shape index (κ1) is 11.4. The van der Waals surface area contributed by atoms with E-state index in [1.165, 1.54) is 44.5 Å². The van der Waals surface area contributed by atoms with Gasteiger partial charge in [0.25, 0.3) is 0 Å². The van der Waals surface area contributed by atoms with E-state index in [9.17, 15) is 4.79 Å². The van der Waals surface area contributed by atoms with Gasteiger partial charge in [0, 0.05) is 6.54 Å². The number of carbonyl (C=O) groups is 1. The second kappa shape index (κ2) is 4.23. The van der Waals surface area contributed by atoms with Gasteiger partial charge in [-0.2, -0.15) is 0 Å². The fourth-order valence-corrected chi connectivity index (χ4v) is 3.37. The van der Waals surface area contributed by atoms with Crippen molar-refractivity contribution >= 4 is 11.8 Å². The van der Waals surface area contributed by atoms with E-state index in [0.717, 1.165) is 12.5 Å². The molecular formula is C13H17N3O2. The topological polar surface area (TPSA) is 75.1 Å². The Balaban J connectivity index is 1.61. The predicted molar refractivity (Wildman–Crippen MR) is 66.5 cm³/mol. The van der Waals surface area contributed by atoms with Crippen molar-refractivity contribution in [2.75, 3.05) is 11.9 Å². The van der Waals surface area contributed by atoms with Gasteiger partial charge in [-0.3, -0.25) is 0 Å². The third-order valence-electron chi connectivity index (χ3n) is 4.40. The summed E-state index contributed by atoms with van der Waals surface area (Å²) in [5, 5.41) is 12.0. The molecule has 0 amide bonds. The van der Waals surface area contributed by atoms with Crippen molar-refractivity contribution in [3.63, 3.8) is 0 Å². The number of carboxylic acids is 1. The summed E-state index contributed by atoms with van der Waals surface area (Å²) < 4.78 is 0. The number of hydrogen-bond donors (Lipinski definition) is 2. The highest BCUT2D eigenvalue weighted by atomic mass is 16.4. The van der Waals surface area contributed by atoms with Crippen LogP contribution in [-0.4, -0.2) is 27.6 Å². The third kappa shape index (κ3) is 2.05. The molecule has 0 aliphatic heterocycles. The third-order valence-corrected chi connectivity index (χ3v) is 4.40. The normalized spacial score (nSPS) is 29.4. The number of aromatic carboxylic acids is 1. The van der Waals surface area contributed by atoms with E-state index in [1.54, 1.807) is 0 Å². The molecule has 0 radical (unpaired) electrons. The minimum Gasteiger partial charge on any atom is -0.476 e. The van der Waals surface area contributed by atoms with E-state index < -0.39 is 5.97 Å². The van der Waals surface area contributed by atoms with Gasteiger partial charge >= 0.3 is 5.97 Å². The number of carboxylic acid groups (broad SMARTS) is 1. The Bertz CT molecular complexity index is 450. The van der Waals surface area contributed by atoms with Gasteiger partial charge in [0.1, 0.15) is 5.82 Å². The van der Waals surface area contributed by atoms with Gasteiger partial charge < -0.3 is 10.4 Å². The first-order valence-corrected chi connectivity index (χ1v) is 6.46. The van der Waals surface area contributed by atoms with Crippen LogP contribution in [0.1, 0.15) is 42.6 Å². The molecule has 0 unspecified atom stereocenters. The zero-order valence-electron chi connectivity index (χ0n) is 10.2. The lowest BCUT2D eigenvalue weighted by Gasteiger charge is -2.26. The molecule has 1 aromatic rings. The number of aromatic nitrogens is 2. The molecule has 18 heavy (non-hydrogen) atoms. The van der Waals surface area contributed by atoms with Crippen LogP contribution in [0.25, 0.3) is 0 Å². The maximum Gasteiger partial charge on any atom is 0.356 e. The summed E-state index contributed by atoms with van der Waals surface area (Å²) in [6.45, 7) is 0.935. The molecule has 1 aromatic heterocycles. The van der Waals surface area contributed by atoms with Crippen LogP contribution in [0.3, 0.4) is 0 Å². The molecule has 96 valence electrons. The summed E-state index contributed by atoms with van der Waals surface area (Å²) in [5.74, 6) is 0.569. The van der Waals surface area contributed by atoms with Crippen molar-refractivity contribution in [2.45, 2.75) is 32.1 Å². The number of nitrogens with zero attached hydrogens (tertiary/aromatic N) is 2. The summed E-state index contributed by atoms with van der Waals surface area (Å²) in [5.41, 5.74) is 0.443. The van der Waals surface area contributed by atoms with E-state index in [2.05, 4.69) is 15.3 Å². The minimum atomic E-state index is -1.04. The molecule has 3 rings (SSSR count). The molecule has 2 saturated carbocycles. The summed E-state index contributed by atoms with van der Waals surface area (Å²) in [6, 6.07) is 0. The van der Waals surface area contributed by atoms with Crippen molar-refractivity contribution in [1.82, 2.24) is 9.97 Å². The van der Waals surface area contributed by atoms with E-state index in [1.807, 2.05) is 0 Å². The first-order valence-electron chi connectivity index (χ1n) is 6.46. The summed E-state index contributed by atoms with van der Waals surface area (Å²) in [4.78, 5) is 18.6. The smallest absolute Gasteiger partial charge is 0.356 e. The van der Waals surface area contributed by atoms with E-state index >= 15 is 0 Å². The maximum atomic E-state index is 10.7. The lowest BCUT2D eigenvalue weighted by atomic mass is 9.84.